The number of guanidine groups is 1. The fourth-order valence-corrected chi connectivity index (χ4v) is 3.30. The second kappa shape index (κ2) is 8.34. The van der Waals surface area contributed by atoms with Crippen LogP contribution in [0.2, 0.25) is 0 Å². The highest BCUT2D eigenvalue weighted by molar-refractivity contribution is 5.77. The predicted molar refractivity (Wildman–Crippen MR) is 96.2 cm³/mol. The predicted octanol–water partition coefficient (Wildman–Crippen LogP) is 2.88. The van der Waals surface area contributed by atoms with Gasteiger partial charge in [0.1, 0.15) is 0 Å². The summed E-state index contributed by atoms with van der Waals surface area (Å²) in [5.74, 6) is 1.38. The van der Waals surface area contributed by atoms with E-state index in [1.165, 1.54) is 62.7 Å². The van der Waals surface area contributed by atoms with Crippen LogP contribution in [-0.4, -0.2) is 30.5 Å². The van der Waals surface area contributed by atoms with Crippen molar-refractivity contribution in [1.29, 1.82) is 0 Å². The molecule has 0 amide bonds. The Morgan fingerprint density at radius 2 is 1.74 bits per heavy atom. The third-order valence-corrected chi connectivity index (χ3v) is 5.11. The molecule has 4 heteroatoms. The van der Waals surface area contributed by atoms with Gasteiger partial charge in [0.05, 0.1) is 6.54 Å². The average Bonchev–Trinajstić information content (AvgIpc) is 2.54. The second-order valence-electron chi connectivity index (χ2n) is 7.03. The van der Waals surface area contributed by atoms with E-state index in [1.807, 2.05) is 0 Å². The molecule has 0 aromatic heterocycles. The Morgan fingerprint density at radius 3 is 2.39 bits per heavy atom. The molecule has 3 rings (SSSR count). The van der Waals surface area contributed by atoms with Crippen molar-refractivity contribution in [3.8, 4) is 0 Å². The zero-order chi connectivity index (χ0) is 15.9. The number of piperidine rings is 1. The van der Waals surface area contributed by atoms with Gasteiger partial charge >= 0.3 is 0 Å². The van der Waals surface area contributed by atoms with E-state index in [-0.39, 0.29) is 0 Å². The molecule has 4 nitrogen and oxygen atoms in total. The molecular formula is C19H30N4. The summed E-state index contributed by atoms with van der Waals surface area (Å²) in [5.41, 5.74) is 8.56. The molecule has 23 heavy (non-hydrogen) atoms. The lowest BCUT2D eigenvalue weighted by atomic mass is 9.85. The van der Waals surface area contributed by atoms with Gasteiger partial charge in [-0.15, -0.1) is 0 Å². The SMILES string of the molecule is NC(=NCc1ccc(CN2CCCCC2)cc1)NCC1CCC1. The van der Waals surface area contributed by atoms with E-state index in [4.69, 9.17) is 5.73 Å². The number of hydrogen-bond acceptors (Lipinski definition) is 2. The van der Waals surface area contributed by atoms with Gasteiger partial charge in [0.25, 0.3) is 0 Å². The molecule has 1 aromatic carbocycles. The summed E-state index contributed by atoms with van der Waals surface area (Å²) in [6, 6.07) is 8.83. The summed E-state index contributed by atoms with van der Waals surface area (Å²) in [6.07, 6.45) is 8.12. The number of aliphatic imine (C=N–C) groups is 1. The van der Waals surface area contributed by atoms with Crippen molar-refractivity contribution in [2.75, 3.05) is 19.6 Å². The summed E-state index contributed by atoms with van der Waals surface area (Å²) < 4.78 is 0. The smallest absolute Gasteiger partial charge is 0.188 e. The van der Waals surface area contributed by atoms with Crippen molar-refractivity contribution in [1.82, 2.24) is 10.2 Å². The summed E-state index contributed by atoms with van der Waals surface area (Å²) in [6.45, 7) is 5.21. The molecule has 0 radical (unpaired) electrons. The van der Waals surface area contributed by atoms with Crippen LogP contribution < -0.4 is 11.1 Å². The van der Waals surface area contributed by atoms with E-state index in [0.717, 1.165) is 19.0 Å². The van der Waals surface area contributed by atoms with Gasteiger partial charge in [-0.1, -0.05) is 37.1 Å². The highest BCUT2D eigenvalue weighted by atomic mass is 15.1. The van der Waals surface area contributed by atoms with Crippen LogP contribution in [0, 0.1) is 5.92 Å². The Labute approximate surface area is 140 Å². The summed E-state index contributed by atoms with van der Waals surface area (Å²) in [5, 5.41) is 3.24. The molecule has 0 atom stereocenters. The van der Waals surface area contributed by atoms with Crippen molar-refractivity contribution in [3.63, 3.8) is 0 Å². The topological polar surface area (TPSA) is 53.6 Å². The summed E-state index contributed by atoms with van der Waals surface area (Å²) >= 11 is 0. The van der Waals surface area contributed by atoms with Crippen LogP contribution in [0.25, 0.3) is 0 Å². The van der Waals surface area contributed by atoms with Crippen LogP contribution in [-0.2, 0) is 13.1 Å². The van der Waals surface area contributed by atoms with Crippen molar-refractivity contribution in [3.05, 3.63) is 35.4 Å². The van der Waals surface area contributed by atoms with Gasteiger partial charge in [0.15, 0.2) is 5.96 Å². The van der Waals surface area contributed by atoms with E-state index in [0.29, 0.717) is 12.5 Å². The molecule has 1 aromatic rings. The lowest BCUT2D eigenvalue weighted by Gasteiger charge is -2.26. The molecule has 0 spiro atoms. The zero-order valence-electron chi connectivity index (χ0n) is 14.1. The maximum Gasteiger partial charge on any atom is 0.188 e. The second-order valence-corrected chi connectivity index (χ2v) is 7.03. The number of rotatable bonds is 6. The quantitative estimate of drug-likeness (QED) is 0.627. The molecule has 1 saturated carbocycles. The largest absolute Gasteiger partial charge is 0.370 e. The first kappa shape index (κ1) is 16.3. The number of hydrogen-bond donors (Lipinski definition) is 2. The van der Waals surface area contributed by atoms with E-state index in [2.05, 4.69) is 39.5 Å². The summed E-state index contributed by atoms with van der Waals surface area (Å²) in [7, 11) is 0. The lowest BCUT2D eigenvalue weighted by Crippen LogP contribution is -2.37. The van der Waals surface area contributed by atoms with Crippen LogP contribution in [0.5, 0.6) is 0 Å². The van der Waals surface area contributed by atoms with Gasteiger partial charge in [-0.2, -0.15) is 0 Å². The highest BCUT2D eigenvalue weighted by Gasteiger charge is 2.16. The number of nitrogens with one attached hydrogen (secondary N) is 1. The van der Waals surface area contributed by atoms with E-state index in [1.54, 1.807) is 0 Å². The minimum absolute atomic E-state index is 0.578. The Morgan fingerprint density at radius 1 is 1.04 bits per heavy atom. The fourth-order valence-electron chi connectivity index (χ4n) is 3.30. The first-order valence-corrected chi connectivity index (χ1v) is 9.13. The summed E-state index contributed by atoms with van der Waals surface area (Å²) in [4.78, 5) is 7.00. The molecule has 0 unspecified atom stereocenters. The Hall–Kier alpha value is -1.55. The molecule has 3 N–H and O–H groups in total. The molecule has 0 bridgehead atoms. The number of benzene rings is 1. The minimum atomic E-state index is 0.578. The standard InChI is InChI=1S/C19H30N4/c20-19(21-13-16-5-4-6-16)22-14-17-7-9-18(10-8-17)15-23-11-2-1-3-12-23/h7-10,16H,1-6,11-15H2,(H3,20,21,22). The van der Waals surface area contributed by atoms with Gasteiger partial charge in [-0.3, -0.25) is 4.90 Å². The van der Waals surface area contributed by atoms with Crippen LogP contribution in [0.1, 0.15) is 49.7 Å². The van der Waals surface area contributed by atoms with Crippen LogP contribution >= 0.6 is 0 Å². The van der Waals surface area contributed by atoms with Crippen LogP contribution in [0.15, 0.2) is 29.3 Å². The first-order chi connectivity index (χ1) is 11.3. The zero-order valence-corrected chi connectivity index (χ0v) is 14.1. The van der Waals surface area contributed by atoms with Crippen molar-refractivity contribution >= 4 is 5.96 Å². The number of nitrogens with two attached hydrogens (primary N) is 1. The molecule has 2 fully saturated rings. The minimum Gasteiger partial charge on any atom is -0.370 e. The third-order valence-electron chi connectivity index (χ3n) is 5.11. The van der Waals surface area contributed by atoms with Gasteiger partial charge in [-0.25, -0.2) is 4.99 Å². The maximum atomic E-state index is 5.93. The Kier molecular flexibility index (Phi) is 5.92. The normalized spacial score (nSPS) is 20.3. The Balaban J connectivity index is 1.42. The van der Waals surface area contributed by atoms with Crippen LogP contribution in [0.4, 0.5) is 0 Å². The third kappa shape index (κ3) is 5.24. The van der Waals surface area contributed by atoms with Crippen LogP contribution in [0.3, 0.4) is 0 Å². The molecular weight excluding hydrogens is 284 g/mol. The van der Waals surface area contributed by atoms with Gasteiger partial charge in [0.2, 0.25) is 0 Å². The number of nitrogens with zero attached hydrogens (tertiary/aromatic N) is 2. The fraction of sp³-hybridized carbons (Fsp3) is 0.632. The van der Waals surface area contributed by atoms with Crippen molar-refractivity contribution in [2.45, 2.75) is 51.6 Å². The maximum absolute atomic E-state index is 5.93. The molecule has 1 aliphatic carbocycles. The van der Waals surface area contributed by atoms with Gasteiger partial charge in [0, 0.05) is 13.1 Å². The molecule has 1 heterocycles. The van der Waals surface area contributed by atoms with E-state index < -0.39 is 0 Å². The molecule has 1 saturated heterocycles. The van der Waals surface area contributed by atoms with Crippen molar-refractivity contribution < 1.29 is 0 Å². The average molecular weight is 314 g/mol. The van der Waals surface area contributed by atoms with E-state index in [9.17, 15) is 0 Å². The number of likely N-dealkylation sites (tertiary alicyclic amines) is 1. The van der Waals surface area contributed by atoms with Crippen molar-refractivity contribution in [2.24, 2.45) is 16.6 Å². The molecule has 126 valence electrons. The Bertz CT molecular complexity index is 499. The van der Waals surface area contributed by atoms with Gasteiger partial charge < -0.3 is 11.1 Å². The first-order valence-electron chi connectivity index (χ1n) is 9.13. The highest BCUT2D eigenvalue weighted by Crippen LogP contribution is 2.25. The molecule has 2 aliphatic rings. The van der Waals surface area contributed by atoms with E-state index >= 15 is 0 Å². The monoisotopic (exact) mass is 314 g/mol. The van der Waals surface area contributed by atoms with Gasteiger partial charge in [-0.05, 0) is 55.8 Å². The molecule has 1 aliphatic heterocycles. The lowest BCUT2D eigenvalue weighted by molar-refractivity contribution is 0.221.